The summed E-state index contributed by atoms with van der Waals surface area (Å²) in [5, 5.41) is 19.2. The Bertz CT molecular complexity index is 896. The molecule has 0 fully saturated rings. The van der Waals surface area contributed by atoms with Gasteiger partial charge in [0.05, 0.1) is 17.7 Å². The number of carbonyl (C=O) groups is 1. The number of hydrogen-bond acceptors (Lipinski definition) is 7. The van der Waals surface area contributed by atoms with Gasteiger partial charge in [0.2, 0.25) is 10.7 Å². The van der Waals surface area contributed by atoms with Crippen molar-refractivity contribution in [1.29, 1.82) is 5.53 Å². The second kappa shape index (κ2) is 4.91. The third-order valence-corrected chi connectivity index (χ3v) is 2.84. The van der Waals surface area contributed by atoms with Gasteiger partial charge in [-0.25, -0.2) is 14.6 Å². The van der Waals surface area contributed by atoms with Gasteiger partial charge in [-0.1, -0.05) is 12.1 Å². The molecule has 0 spiro atoms. The predicted molar refractivity (Wildman–Crippen MR) is 67.9 cm³/mol. The summed E-state index contributed by atoms with van der Waals surface area (Å²) in [6.07, 6.45) is 4.25. The lowest BCUT2D eigenvalue weighted by Crippen LogP contribution is -2.22. The third-order valence-electron chi connectivity index (χ3n) is 2.84. The van der Waals surface area contributed by atoms with E-state index >= 15 is 0 Å². The lowest BCUT2D eigenvalue weighted by atomic mass is 10.1. The van der Waals surface area contributed by atoms with Crippen molar-refractivity contribution >= 4 is 22.7 Å². The molecule has 3 aromatic rings. The highest BCUT2D eigenvalue weighted by molar-refractivity contribution is 6.01. The number of aromatic nitrogens is 4. The topological polar surface area (TPSA) is 134 Å². The van der Waals surface area contributed by atoms with Crippen LogP contribution in [0.5, 0.6) is 0 Å². The highest BCUT2D eigenvalue weighted by atomic mass is 16.4. The van der Waals surface area contributed by atoms with Gasteiger partial charge in [0.1, 0.15) is 5.53 Å². The fourth-order valence-corrected chi connectivity index (χ4v) is 1.99. The van der Waals surface area contributed by atoms with Gasteiger partial charge in [-0.05, 0) is 6.07 Å². The van der Waals surface area contributed by atoms with E-state index in [9.17, 15) is 9.90 Å². The van der Waals surface area contributed by atoms with Crippen molar-refractivity contribution in [3.8, 4) is 5.82 Å². The molecule has 1 N–H and O–H groups in total. The van der Waals surface area contributed by atoms with Crippen molar-refractivity contribution in [2.24, 2.45) is 5.11 Å². The van der Waals surface area contributed by atoms with Gasteiger partial charge in [-0.2, -0.15) is 5.10 Å². The van der Waals surface area contributed by atoms with Gasteiger partial charge in [0, 0.05) is 23.3 Å². The van der Waals surface area contributed by atoms with Crippen LogP contribution in [0.2, 0.25) is 0 Å². The van der Waals surface area contributed by atoms with Crippen LogP contribution in [0.3, 0.4) is 0 Å². The van der Waals surface area contributed by atoms with Gasteiger partial charge < -0.3 is 9.90 Å². The molecule has 9 heteroatoms. The zero-order chi connectivity index (χ0) is 14.8. The fraction of sp³-hybridized carbons (Fsp3) is 0. The first-order valence-corrected chi connectivity index (χ1v) is 5.79. The number of benzene rings is 1. The van der Waals surface area contributed by atoms with Crippen molar-refractivity contribution in [3.63, 3.8) is 0 Å². The molecule has 2 aromatic heterocycles. The summed E-state index contributed by atoms with van der Waals surface area (Å²) >= 11 is 0. The number of nitrogens with one attached hydrogen (secondary N) is 1. The van der Waals surface area contributed by atoms with Crippen LogP contribution in [0.15, 0.2) is 41.9 Å². The highest BCUT2D eigenvalue weighted by Crippen LogP contribution is 2.24. The van der Waals surface area contributed by atoms with Crippen LogP contribution >= 0.6 is 0 Å². The number of rotatable bonds is 3. The molecule has 0 amide bonds. The second-order valence-electron chi connectivity index (χ2n) is 3.99. The van der Waals surface area contributed by atoms with Crippen LogP contribution in [0.4, 0.5) is 5.82 Å². The van der Waals surface area contributed by atoms with E-state index in [0.29, 0.717) is 10.9 Å². The van der Waals surface area contributed by atoms with E-state index in [1.54, 1.807) is 12.1 Å². The molecule has 102 valence electrons. The Labute approximate surface area is 117 Å². The molecule has 0 unspecified atom stereocenters. The minimum atomic E-state index is -1.29. The van der Waals surface area contributed by atoms with Gasteiger partial charge in [-0.15, -0.1) is 0 Å². The molecule has 0 saturated heterocycles. The molecule has 1 aromatic carbocycles. The van der Waals surface area contributed by atoms with E-state index < -0.39 is 5.97 Å². The Morgan fingerprint density at radius 2 is 2.14 bits per heavy atom. The van der Waals surface area contributed by atoms with Crippen LogP contribution in [0, 0.1) is 5.53 Å². The molecule has 0 atom stereocenters. The second-order valence-corrected chi connectivity index (χ2v) is 3.99. The smallest absolute Gasteiger partial charge is 0.286 e. The normalized spacial score (nSPS) is 10.3. The Morgan fingerprint density at radius 1 is 1.33 bits per heavy atom. The molecule has 0 aliphatic heterocycles. The quantitative estimate of drug-likeness (QED) is 0.546. The summed E-state index contributed by atoms with van der Waals surface area (Å²) in [7, 11) is 0. The van der Waals surface area contributed by atoms with E-state index in [1.165, 1.54) is 29.3 Å². The number of carbonyl (C=O) groups excluding carboxylic acids is 1. The van der Waals surface area contributed by atoms with E-state index in [4.69, 9.17) is 5.53 Å². The van der Waals surface area contributed by atoms with E-state index in [1.807, 2.05) is 0 Å². The van der Waals surface area contributed by atoms with Crippen LogP contribution in [-0.2, 0) is 0 Å². The van der Waals surface area contributed by atoms with Crippen LogP contribution in [-0.4, -0.2) is 25.7 Å². The number of aromatic carboxylic acids is 1. The molecular weight excluding hydrogens is 274 g/mol. The Balaban J connectivity index is 2.30. The van der Waals surface area contributed by atoms with Crippen LogP contribution < -0.4 is 10.0 Å². The summed E-state index contributed by atoms with van der Waals surface area (Å²) in [6, 6.07) is 4.70. The molecule has 3 rings (SSSR count). The van der Waals surface area contributed by atoms with Gasteiger partial charge in [0.15, 0.2) is 5.11 Å². The maximum atomic E-state index is 11.1. The van der Waals surface area contributed by atoms with E-state index in [0.717, 1.165) is 0 Å². The molecule has 0 radical (unpaired) electrons. The lowest BCUT2D eigenvalue weighted by molar-refractivity contribution is -0.254. The summed E-state index contributed by atoms with van der Waals surface area (Å²) in [6.45, 7) is 0. The number of hydrogen-bond donors (Lipinski definition) is 1. The lowest BCUT2D eigenvalue weighted by Gasteiger charge is -2.05. The largest absolute Gasteiger partial charge is 0.545 e. The molecule has 0 aliphatic carbocycles. The molecule has 2 heterocycles. The first-order chi connectivity index (χ1) is 10.2. The molecule has 21 heavy (non-hydrogen) atoms. The number of carboxylic acid groups (broad SMARTS) is 1. The number of carboxylic acids is 1. The molecule has 0 bridgehead atoms. The van der Waals surface area contributed by atoms with E-state index in [2.05, 4.69) is 25.1 Å². The summed E-state index contributed by atoms with van der Waals surface area (Å²) < 4.78 is 1.39. The molecule has 0 saturated carbocycles. The Morgan fingerprint density at radius 3 is 2.90 bits per heavy atom. The van der Waals surface area contributed by atoms with Crippen molar-refractivity contribution < 1.29 is 9.90 Å². The minimum absolute atomic E-state index is 0.0336. The third kappa shape index (κ3) is 2.03. The minimum Gasteiger partial charge on any atom is -0.545 e. The van der Waals surface area contributed by atoms with Gasteiger partial charge in [-0.3, -0.25) is 0 Å². The summed E-state index contributed by atoms with van der Waals surface area (Å²) in [5.74, 6) is -0.930. The van der Waals surface area contributed by atoms with Gasteiger partial charge in [0.25, 0.3) is 5.82 Å². The predicted octanol–water partition coefficient (Wildman–Crippen LogP) is 0.361. The standard InChI is InChI=1S/C12H7N7O2/c13-18-17-10-11(15-5-4-14-10)19-9-3-1-2-7(12(20)21)8(9)6-16-19/h1-6,13H. The average Bonchev–Trinajstić information content (AvgIpc) is 2.91. The zero-order valence-corrected chi connectivity index (χ0v) is 10.5. The van der Waals surface area contributed by atoms with Crippen LogP contribution in [0.1, 0.15) is 10.4 Å². The average molecular weight is 281 g/mol. The highest BCUT2D eigenvalue weighted by Gasteiger charge is 2.15. The van der Waals surface area contributed by atoms with Crippen molar-refractivity contribution in [1.82, 2.24) is 24.7 Å². The van der Waals surface area contributed by atoms with E-state index in [-0.39, 0.29) is 17.2 Å². The fourth-order valence-electron chi connectivity index (χ4n) is 1.99. The first-order valence-electron chi connectivity index (χ1n) is 5.79. The molecule has 9 nitrogen and oxygen atoms in total. The summed E-state index contributed by atoms with van der Waals surface area (Å²) in [4.78, 5) is 22.1. The Kier molecular flexibility index (Phi) is 2.94. The monoisotopic (exact) mass is 281 g/mol. The number of nitrogens with zero attached hydrogens (tertiary/aromatic N) is 6. The van der Waals surface area contributed by atoms with Crippen molar-refractivity contribution in [2.75, 3.05) is 0 Å². The molecule has 0 aliphatic rings. The van der Waals surface area contributed by atoms with Crippen molar-refractivity contribution in [3.05, 3.63) is 42.4 Å². The Hall–Kier alpha value is -3.45. The number of fused-ring (bicyclic) bond motifs is 1. The molecular formula is C12H7N7O2. The summed E-state index contributed by atoms with van der Waals surface area (Å²) in [5.41, 5.74) is 7.34. The van der Waals surface area contributed by atoms with Crippen molar-refractivity contribution in [2.45, 2.75) is 0 Å². The SMILES string of the molecule is N=[N+]=Nc1nccnc1-n1ncc2c(C(=O)[O-])cccc21. The first kappa shape index (κ1) is 12.6. The van der Waals surface area contributed by atoms with Crippen LogP contribution in [0.25, 0.3) is 16.7 Å². The zero-order valence-electron chi connectivity index (χ0n) is 10.5. The maximum Gasteiger partial charge on any atom is 0.286 e. The van der Waals surface area contributed by atoms with Gasteiger partial charge >= 0.3 is 0 Å². The maximum absolute atomic E-state index is 11.1.